The first-order valence-electron chi connectivity index (χ1n) is 7.49. The minimum Gasteiger partial charge on any atom is -0.399 e. The molecule has 0 saturated carbocycles. The predicted molar refractivity (Wildman–Crippen MR) is 85.3 cm³/mol. The number of hydrogen-bond donors (Lipinski definition) is 0. The van der Waals surface area contributed by atoms with Crippen LogP contribution in [0.15, 0.2) is 23.4 Å². The van der Waals surface area contributed by atoms with Gasteiger partial charge >= 0.3 is 0 Å². The molecule has 0 radical (unpaired) electrons. The summed E-state index contributed by atoms with van der Waals surface area (Å²) in [7, 11) is 1.64. The second-order valence-corrected chi connectivity index (χ2v) is 7.09. The van der Waals surface area contributed by atoms with Crippen molar-refractivity contribution >= 4 is 28.9 Å². The second-order valence-electron chi connectivity index (χ2n) is 6.28. The van der Waals surface area contributed by atoms with Crippen LogP contribution in [-0.4, -0.2) is 36.3 Å². The molecule has 0 spiro atoms. The quantitative estimate of drug-likeness (QED) is 0.769. The van der Waals surface area contributed by atoms with E-state index in [1.807, 2.05) is 12.1 Å². The van der Waals surface area contributed by atoms with Crippen LogP contribution in [0.4, 0.5) is 0 Å². The van der Waals surface area contributed by atoms with Gasteiger partial charge < -0.3 is 4.84 Å². The Labute approximate surface area is 134 Å². The largest absolute Gasteiger partial charge is 0.399 e. The van der Waals surface area contributed by atoms with Gasteiger partial charge in [0.15, 0.2) is 0 Å². The van der Waals surface area contributed by atoms with Crippen molar-refractivity contribution in [3.8, 4) is 0 Å². The molecule has 3 heterocycles. The third-order valence-electron chi connectivity index (χ3n) is 5.37. The highest BCUT2D eigenvalue weighted by Gasteiger charge is 2.54. The molecule has 5 atom stereocenters. The summed E-state index contributed by atoms with van der Waals surface area (Å²) in [6, 6.07) is 7.37. The topological polar surface area (TPSA) is 24.8 Å². The van der Waals surface area contributed by atoms with Crippen LogP contribution in [0.5, 0.6) is 0 Å². The monoisotopic (exact) mass is 324 g/mol. The lowest BCUT2D eigenvalue weighted by atomic mass is 9.77. The molecular formula is C16H18Cl2N2O. The Morgan fingerprint density at radius 2 is 2.10 bits per heavy atom. The highest BCUT2D eigenvalue weighted by molar-refractivity contribution is 6.42. The lowest BCUT2D eigenvalue weighted by Crippen LogP contribution is -2.40. The van der Waals surface area contributed by atoms with Crippen molar-refractivity contribution < 1.29 is 4.84 Å². The summed E-state index contributed by atoms with van der Waals surface area (Å²) in [6.45, 7) is 0.964. The molecule has 112 valence electrons. The number of rotatable bonds is 2. The van der Waals surface area contributed by atoms with Crippen molar-refractivity contribution in [2.24, 2.45) is 11.1 Å². The van der Waals surface area contributed by atoms with Gasteiger partial charge in [-0.3, -0.25) is 4.90 Å². The fraction of sp³-hybridized carbons (Fsp3) is 0.562. The third-order valence-corrected chi connectivity index (χ3v) is 6.11. The Morgan fingerprint density at radius 3 is 2.86 bits per heavy atom. The summed E-state index contributed by atoms with van der Waals surface area (Å²) < 4.78 is 0. The molecule has 1 aromatic carbocycles. The van der Waals surface area contributed by atoms with Crippen LogP contribution in [0, 0.1) is 5.92 Å². The third kappa shape index (κ3) is 2.09. The zero-order valence-corrected chi connectivity index (χ0v) is 13.4. The number of benzene rings is 1. The standard InChI is InChI=1S/C16H18Cl2N2O/c1-21-19-14-8-20-10-3-5-15(20)16(14)11(7-10)9-2-4-12(17)13(18)6-9/h2,4,6,10-11,15-16H,3,5,7-8H2,1H3/t10-,11+,15+,16+/m0/s1. The number of nitrogens with zero attached hydrogens (tertiary/aromatic N) is 2. The molecule has 4 rings (SSSR count). The number of oxime groups is 1. The summed E-state index contributed by atoms with van der Waals surface area (Å²) >= 11 is 12.3. The second kappa shape index (κ2) is 5.15. The van der Waals surface area contributed by atoms with Gasteiger partial charge in [0.2, 0.25) is 0 Å². The average Bonchev–Trinajstić information content (AvgIpc) is 2.88. The molecule has 0 N–H and O–H groups in total. The predicted octanol–water partition coefficient (Wildman–Crippen LogP) is 3.95. The van der Waals surface area contributed by atoms with E-state index < -0.39 is 0 Å². The highest BCUT2D eigenvalue weighted by Crippen LogP contribution is 2.51. The normalized spacial score (nSPS) is 39.0. The van der Waals surface area contributed by atoms with Gasteiger partial charge in [0.05, 0.1) is 15.8 Å². The van der Waals surface area contributed by atoms with Gasteiger partial charge in [-0.15, -0.1) is 0 Å². The van der Waals surface area contributed by atoms with Crippen molar-refractivity contribution in [2.45, 2.75) is 37.3 Å². The van der Waals surface area contributed by atoms with Gasteiger partial charge in [0.25, 0.3) is 0 Å². The van der Waals surface area contributed by atoms with Crippen LogP contribution >= 0.6 is 23.2 Å². The molecule has 1 aromatic rings. The van der Waals surface area contributed by atoms with E-state index in [1.165, 1.54) is 30.5 Å². The molecule has 0 amide bonds. The van der Waals surface area contributed by atoms with Gasteiger partial charge in [0.1, 0.15) is 7.11 Å². The molecule has 3 aliphatic heterocycles. The van der Waals surface area contributed by atoms with E-state index in [2.05, 4.69) is 16.1 Å². The maximum atomic E-state index is 6.22. The molecule has 0 aromatic heterocycles. The lowest BCUT2D eigenvalue weighted by molar-refractivity contribution is 0.154. The fourth-order valence-corrected chi connectivity index (χ4v) is 4.91. The first kappa shape index (κ1) is 13.9. The Balaban J connectivity index is 1.74. The van der Waals surface area contributed by atoms with Gasteiger partial charge in [-0.2, -0.15) is 0 Å². The van der Waals surface area contributed by atoms with Gasteiger partial charge in [-0.05, 0) is 42.9 Å². The maximum absolute atomic E-state index is 6.22. The smallest absolute Gasteiger partial charge is 0.106 e. The summed E-state index contributed by atoms with van der Waals surface area (Å²) in [4.78, 5) is 7.70. The molecule has 3 saturated heterocycles. The average molecular weight is 325 g/mol. The first-order valence-corrected chi connectivity index (χ1v) is 8.25. The zero-order valence-electron chi connectivity index (χ0n) is 11.9. The Hall–Kier alpha value is -0.770. The van der Waals surface area contributed by atoms with Crippen molar-refractivity contribution in [3.05, 3.63) is 33.8 Å². The highest BCUT2D eigenvalue weighted by atomic mass is 35.5. The van der Waals surface area contributed by atoms with Gasteiger partial charge in [-0.25, -0.2) is 0 Å². The van der Waals surface area contributed by atoms with Crippen LogP contribution < -0.4 is 0 Å². The van der Waals surface area contributed by atoms with Gasteiger partial charge in [0, 0.05) is 24.5 Å². The number of piperidine rings is 1. The van der Waals surface area contributed by atoms with Crippen LogP contribution in [-0.2, 0) is 4.84 Å². The van der Waals surface area contributed by atoms with E-state index in [0.29, 0.717) is 34.0 Å². The number of halogens is 2. The minimum absolute atomic E-state index is 0.459. The molecule has 0 aliphatic carbocycles. The minimum atomic E-state index is 0.459. The molecule has 21 heavy (non-hydrogen) atoms. The Kier molecular flexibility index (Phi) is 3.40. The molecule has 3 fully saturated rings. The van der Waals surface area contributed by atoms with Crippen LogP contribution in [0.2, 0.25) is 10.0 Å². The summed E-state index contributed by atoms with van der Waals surface area (Å²) in [5, 5.41) is 5.59. The van der Waals surface area contributed by atoms with Crippen LogP contribution in [0.3, 0.4) is 0 Å². The molecule has 5 heteroatoms. The lowest BCUT2D eigenvalue weighted by Gasteiger charge is -2.36. The van der Waals surface area contributed by atoms with E-state index in [0.717, 1.165) is 6.54 Å². The SMILES string of the molecule is CON=C1CN2[C@H]3CC[C@@H]2[C@@H]1[C@@H](c1ccc(Cl)c(Cl)c1)C3. The van der Waals surface area contributed by atoms with E-state index in [1.54, 1.807) is 7.11 Å². The van der Waals surface area contributed by atoms with E-state index in [4.69, 9.17) is 28.0 Å². The molecule has 4 bridgehead atoms. The van der Waals surface area contributed by atoms with Crippen molar-refractivity contribution in [3.63, 3.8) is 0 Å². The number of hydrogen-bond acceptors (Lipinski definition) is 3. The van der Waals surface area contributed by atoms with Crippen LogP contribution in [0.25, 0.3) is 0 Å². The van der Waals surface area contributed by atoms with Gasteiger partial charge in [-0.1, -0.05) is 34.4 Å². The first-order chi connectivity index (χ1) is 10.2. The van der Waals surface area contributed by atoms with Crippen molar-refractivity contribution in [2.75, 3.05) is 13.7 Å². The van der Waals surface area contributed by atoms with E-state index in [9.17, 15) is 0 Å². The summed E-state index contributed by atoms with van der Waals surface area (Å²) in [5.74, 6) is 0.936. The Morgan fingerprint density at radius 1 is 1.24 bits per heavy atom. The van der Waals surface area contributed by atoms with Crippen molar-refractivity contribution in [1.29, 1.82) is 0 Å². The summed E-state index contributed by atoms with van der Waals surface area (Å²) in [5.41, 5.74) is 2.48. The van der Waals surface area contributed by atoms with E-state index >= 15 is 0 Å². The van der Waals surface area contributed by atoms with Crippen molar-refractivity contribution in [1.82, 2.24) is 4.90 Å². The molecule has 3 nitrogen and oxygen atoms in total. The van der Waals surface area contributed by atoms with Crippen LogP contribution in [0.1, 0.15) is 30.7 Å². The zero-order chi connectivity index (χ0) is 14.6. The summed E-state index contributed by atoms with van der Waals surface area (Å²) in [6.07, 6.45) is 3.76. The molecular weight excluding hydrogens is 307 g/mol. The van der Waals surface area contributed by atoms with E-state index in [-0.39, 0.29) is 0 Å². The molecule has 1 unspecified atom stereocenters. The Bertz CT molecular complexity index is 604. The maximum Gasteiger partial charge on any atom is 0.106 e. The fourth-order valence-electron chi connectivity index (χ4n) is 4.60. The molecule has 3 aliphatic rings.